The Hall–Kier alpha value is -2.65. The molecule has 1 aliphatic rings. The Bertz CT molecular complexity index is 1000. The van der Waals surface area contributed by atoms with Gasteiger partial charge in [-0.05, 0) is 35.4 Å². The summed E-state index contributed by atoms with van der Waals surface area (Å²) in [4.78, 5) is 12.4. The van der Waals surface area contributed by atoms with E-state index in [-0.39, 0.29) is 24.9 Å². The molecule has 0 radical (unpaired) electrons. The Morgan fingerprint density at radius 2 is 1.93 bits per heavy atom. The molecular weight excluding hydrogens is 434 g/mol. The van der Waals surface area contributed by atoms with E-state index in [1.54, 1.807) is 4.68 Å². The van der Waals surface area contributed by atoms with Crippen LogP contribution in [0.4, 0.5) is 8.78 Å². The minimum Gasteiger partial charge on any atom is -0.365 e. The van der Waals surface area contributed by atoms with Gasteiger partial charge in [0.05, 0.1) is 18.8 Å². The van der Waals surface area contributed by atoms with Crippen molar-refractivity contribution in [2.75, 3.05) is 0 Å². The Kier molecular flexibility index (Phi) is 5.19. The van der Waals surface area contributed by atoms with Crippen molar-refractivity contribution in [2.45, 2.75) is 25.8 Å². The summed E-state index contributed by atoms with van der Waals surface area (Å²) in [7, 11) is 0. The van der Waals surface area contributed by atoms with Gasteiger partial charge in [0, 0.05) is 17.1 Å². The maximum atomic E-state index is 13.3. The molecule has 0 saturated heterocycles. The number of benzene rings is 2. The van der Waals surface area contributed by atoms with Crippen molar-refractivity contribution >= 4 is 21.8 Å². The molecule has 2 aromatic carbocycles. The first-order valence-electron chi connectivity index (χ1n) is 8.52. The van der Waals surface area contributed by atoms with Crippen LogP contribution in [-0.2, 0) is 24.4 Å². The minimum atomic E-state index is -0.697. The van der Waals surface area contributed by atoms with Gasteiger partial charge < -0.3 is 10.1 Å². The summed E-state index contributed by atoms with van der Waals surface area (Å²) in [5, 5.41) is 10.6. The van der Waals surface area contributed by atoms with Crippen LogP contribution in [0.5, 0.6) is 0 Å². The molecule has 9 heteroatoms. The summed E-state index contributed by atoms with van der Waals surface area (Å²) < 4.78 is 35.0. The summed E-state index contributed by atoms with van der Waals surface area (Å²) in [5.74, 6) is -1.87. The van der Waals surface area contributed by atoms with Gasteiger partial charge in [0.2, 0.25) is 0 Å². The third-order valence-corrected chi connectivity index (χ3v) is 4.96. The highest BCUT2D eigenvalue weighted by atomic mass is 79.9. The number of ether oxygens (including phenoxy) is 1. The van der Waals surface area contributed by atoms with E-state index in [4.69, 9.17) is 4.74 Å². The summed E-state index contributed by atoms with van der Waals surface area (Å²) in [6.45, 7) is 0.597. The Balaban J connectivity index is 1.45. The molecule has 1 aliphatic heterocycles. The number of carbonyl (C=O) groups is 1. The fraction of sp³-hybridized carbons (Fsp3) is 0.211. The molecule has 28 heavy (non-hydrogen) atoms. The van der Waals surface area contributed by atoms with Crippen molar-refractivity contribution < 1.29 is 18.3 Å². The zero-order valence-corrected chi connectivity index (χ0v) is 16.1. The van der Waals surface area contributed by atoms with Gasteiger partial charge in [0.25, 0.3) is 5.91 Å². The van der Waals surface area contributed by atoms with Crippen molar-refractivity contribution in [2.24, 2.45) is 0 Å². The van der Waals surface area contributed by atoms with Gasteiger partial charge in [-0.25, -0.2) is 13.5 Å². The summed E-state index contributed by atoms with van der Waals surface area (Å²) in [6, 6.07) is 10.9. The van der Waals surface area contributed by atoms with Gasteiger partial charge >= 0.3 is 0 Å². The standard InChI is InChI=1S/C19H15BrF2N4O2/c20-13-3-1-12(2-4-13)17-9-26-16(10-28-17)18(24-25-26)19(27)23-8-11-5-14(21)7-15(22)6-11/h1-7,17H,8-10H2,(H,23,27)/t17-/m1/s1. The van der Waals surface area contributed by atoms with Crippen molar-refractivity contribution in [1.82, 2.24) is 20.3 Å². The van der Waals surface area contributed by atoms with Crippen LogP contribution >= 0.6 is 15.9 Å². The van der Waals surface area contributed by atoms with Crippen LogP contribution in [0.3, 0.4) is 0 Å². The number of nitrogens with one attached hydrogen (secondary N) is 1. The molecule has 0 bridgehead atoms. The lowest BCUT2D eigenvalue weighted by Crippen LogP contribution is -2.27. The van der Waals surface area contributed by atoms with Gasteiger partial charge in [0.1, 0.15) is 17.7 Å². The fourth-order valence-electron chi connectivity index (χ4n) is 3.05. The maximum Gasteiger partial charge on any atom is 0.274 e. The molecule has 1 N–H and O–H groups in total. The van der Waals surface area contributed by atoms with Crippen LogP contribution in [0.25, 0.3) is 0 Å². The van der Waals surface area contributed by atoms with Crippen LogP contribution < -0.4 is 5.32 Å². The Labute approximate surface area is 167 Å². The van der Waals surface area contributed by atoms with Crippen LogP contribution in [0.15, 0.2) is 46.9 Å². The number of aromatic nitrogens is 3. The molecule has 1 amide bonds. The zero-order valence-electron chi connectivity index (χ0n) is 14.5. The van der Waals surface area contributed by atoms with Crippen LogP contribution in [0.2, 0.25) is 0 Å². The number of hydrogen-bond donors (Lipinski definition) is 1. The number of amides is 1. The molecule has 0 spiro atoms. The highest BCUT2D eigenvalue weighted by Gasteiger charge is 2.27. The second-order valence-corrected chi connectivity index (χ2v) is 7.29. The molecule has 6 nitrogen and oxygen atoms in total. The highest BCUT2D eigenvalue weighted by Crippen LogP contribution is 2.27. The molecule has 144 valence electrons. The number of nitrogens with zero attached hydrogens (tertiary/aromatic N) is 3. The summed E-state index contributed by atoms with van der Waals surface area (Å²) >= 11 is 3.40. The van der Waals surface area contributed by atoms with E-state index in [1.165, 1.54) is 0 Å². The first-order chi connectivity index (χ1) is 13.5. The van der Waals surface area contributed by atoms with Crippen LogP contribution in [0, 0.1) is 11.6 Å². The zero-order chi connectivity index (χ0) is 19.7. The minimum absolute atomic E-state index is 0.0256. The normalized spacial score (nSPS) is 15.9. The van der Waals surface area contributed by atoms with Gasteiger partial charge in [-0.3, -0.25) is 4.79 Å². The monoisotopic (exact) mass is 448 g/mol. The number of carbonyl (C=O) groups excluding carboxylic acids is 1. The Morgan fingerprint density at radius 1 is 1.21 bits per heavy atom. The molecule has 3 aromatic rings. The molecule has 0 fully saturated rings. The van der Waals surface area contributed by atoms with E-state index < -0.39 is 17.5 Å². The molecular formula is C19H15BrF2N4O2. The largest absolute Gasteiger partial charge is 0.365 e. The smallest absolute Gasteiger partial charge is 0.274 e. The molecule has 4 rings (SSSR count). The summed E-state index contributed by atoms with van der Waals surface area (Å²) in [6.07, 6.45) is -0.187. The van der Waals surface area contributed by atoms with Crippen LogP contribution in [-0.4, -0.2) is 20.9 Å². The van der Waals surface area contributed by atoms with E-state index in [2.05, 4.69) is 31.6 Å². The molecule has 0 saturated carbocycles. The molecule has 1 aromatic heterocycles. The quantitative estimate of drug-likeness (QED) is 0.662. The predicted octanol–water partition coefficient (Wildman–Crippen LogP) is 3.52. The fourth-order valence-corrected chi connectivity index (χ4v) is 3.31. The lowest BCUT2D eigenvalue weighted by Gasteiger charge is -2.24. The van der Waals surface area contributed by atoms with E-state index >= 15 is 0 Å². The molecule has 0 aliphatic carbocycles. The second-order valence-electron chi connectivity index (χ2n) is 6.38. The maximum absolute atomic E-state index is 13.3. The topological polar surface area (TPSA) is 69.0 Å². The lowest BCUT2D eigenvalue weighted by molar-refractivity contribution is -0.00177. The predicted molar refractivity (Wildman–Crippen MR) is 99.2 cm³/mol. The SMILES string of the molecule is O=C(NCc1cc(F)cc(F)c1)c1nnn2c1CO[C@@H](c1ccc(Br)cc1)C2. The van der Waals surface area contributed by atoms with Crippen molar-refractivity contribution in [1.29, 1.82) is 0 Å². The third-order valence-electron chi connectivity index (χ3n) is 4.43. The van der Waals surface area contributed by atoms with E-state index in [1.807, 2.05) is 24.3 Å². The van der Waals surface area contributed by atoms with Crippen molar-refractivity contribution in [3.8, 4) is 0 Å². The number of halogens is 3. The number of fused-ring (bicyclic) bond motifs is 1. The average molecular weight is 449 g/mol. The lowest BCUT2D eigenvalue weighted by atomic mass is 10.1. The number of hydrogen-bond acceptors (Lipinski definition) is 4. The van der Waals surface area contributed by atoms with E-state index in [9.17, 15) is 13.6 Å². The van der Waals surface area contributed by atoms with E-state index in [0.29, 0.717) is 17.8 Å². The summed E-state index contributed by atoms with van der Waals surface area (Å²) in [5.41, 5.74) is 2.03. The van der Waals surface area contributed by atoms with Gasteiger partial charge in [-0.1, -0.05) is 33.3 Å². The van der Waals surface area contributed by atoms with E-state index in [0.717, 1.165) is 28.2 Å². The number of rotatable bonds is 4. The van der Waals surface area contributed by atoms with Gasteiger partial charge in [-0.2, -0.15) is 0 Å². The van der Waals surface area contributed by atoms with Gasteiger partial charge in [0.15, 0.2) is 5.69 Å². The first kappa shape index (κ1) is 18.7. The molecule has 0 unspecified atom stereocenters. The Morgan fingerprint density at radius 3 is 2.64 bits per heavy atom. The average Bonchev–Trinajstić information content (AvgIpc) is 3.09. The van der Waals surface area contributed by atoms with Gasteiger partial charge in [-0.15, -0.1) is 5.10 Å². The van der Waals surface area contributed by atoms with Crippen molar-refractivity contribution in [3.05, 3.63) is 81.1 Å². The van der Waals surface area contributed by atoms with Crippen LogP contribution in [0.1, 0.15) is 33.4 Å². The van der Waals surface area contributed by atoms with Crippen molar-refractivity contribution in [3.63, 3.8) is 0 Å². The molecule has 1 atom stereocenters. The highest BCUT2D eigenvalue weighted by molar-refractivity contribution is 9.10. The molecule has 2 heterocycles. The second kappa shape index (κ2) is 7.76. The first-order valence-corrected chi connectivity index (χ1v) is 9.31. The third kappa shape index (κ3) is 3.95.